The number of amides is 2. The normalized spacial score (nSPS) is 19.2. The minimum atomic E-state index is -5.17. The predicted octanol–water partition coefficient (Wildman–Crippen LogP) is 5.51. The molecule has 4 N–H and O–H groups in total. The number of aromatic nitrogens is 3. The van der Waals surface area contributed by atoms with E-state index < -0.39 is 65.4 Å². The molecule has 1 aromatic heterocycles. The summed E-state index contributed by atoms with van der Waals surface area (Å²) in [6, 6.07) is 9.92. The molecule has 282 valence electrons. The first kappa shape index (κ1) is 37.4. The van der Waals surface area contributed by atoms with Crippen LogP contribution in [0.3, 0.4) is 0 Å². The topological polar surface area (TPSA) is 129 Å². The van der Waals surface area contributed by atoms with Gasteiger partial charge in [0.15, 0.2) is 5.82 Å². The fourth-order valence-electron chi connectivity index (χ4n) is 8.01. The summed E-state index contributed by atoms with van der Waals surface area (Å²) in [7, 11) is 0. The summed E-state index contributed by atoms with van der Waals surface area (Å²) in [6.45, 7) is 3.11. The number of nitrogens with zero attached hydrogens (tertiary/aromatic N) is 4. The fraction of sp³-hybridized carbons (Fsp3) is 0.556. The third-order valence-electron chi connectivity index (χ3n) is 10.9. The van der Waals surface area contributed by atoms with Gasteiger partial charge in [0.1, 0.15) is 0 Å². The van der Waals surface area contributed by atoms with Gasteiger partial charge in [0.25, 0.3) is 0 Å². The first-order chi connectivity index (χ1) is 24.7. The van der Waals surface area contributed by atoms with Crippen molar-refractivity contribution in [1.29, 1.82) is 0 Å². The zero-order chi connectivity index (χ0) is 37.2. The van der Waals surface area contributed by atoms with Crippen LogP contribution in [0.4, 0.5) is 32.0 Å². The number of alkyl halides is 6. The van der Waals surface area contributed by atoms with E-state index in [9.17, 15) is 40.7 Å². The Bertz CT molecular complexity index is 1730. The van der Waals surface area contributed by atoms with Crippen LogP contribution in [0.15, 0.2) is 47.3 Å². The van der Waals surface area contributed by atoms with E-state index in [0.29, 0.717) is 55.7 Å². The first-order valence-electron chi connectivity index (χ1n) is 17.8. The monoisotopic (exact) mass is 735 g/mol. The second-order valence-electron chi connectivity index (χ2n) is 14.2. The maximum Gasteiger partial charge on any atom is 0.418 e. The third kappa shape index (κ3) is 8.48. The Kier molecular flexibility index (Phi) is 11.0. The quantitative estimate of drug-likeness (QED) is 0.207. The number of hydrogen-bond acceptors (Lipinski definition) is 6. The summed E-state index contributed by atoms with van der Waals surface area (Å²) in [5.41, 5.74) is 0.636. The van der Waals surface area contributed by atoms with Gasteiger partial charge in [-0.15, -0.1) is 5.10 Å². The number of rotatable bonds is 8. The lowest BCUT2D eigenvalue weighted by atomic mass is 9.79. The molecule has 1 atom stereocenters. The first-order valence-corrected chi connectivity index (χ1v) is 17.8. The summed E-state index contributed by atoms with van der Waals surface area (Å²) in [6.07, 6.45) is -6.93. The van der Waals surface area contributed by atoms with Crippen LogP contribution in [0, 0.1) is 17.8 Å². The van der Waals surface area contributed by atoms with Crippen LogP contribution in [0.5, 0.6) is 0 Å². The van der Waals surface area contributed by atoms with Crippen molar-refractivity contribution in [3.05, 3.63) is 69.6 Å². The van der Waals surface area contributed by atoms with E-state index in [0.717, 1.165) is 44.3 Å². The minimum absolute atomic E-state index is 0.227. The Hall–Kier alpha value is -4.34. The number of aromatic amines is 1. The van der Waals surface area contributed by atoms with Crippen LogP contribution in [0.25, 0.3) is 11.4 Å². The lowest BCUT2D eigenvalue weighted by molar-refractivity contribution is -0.143. The van der Waals surface area contributed by atoms with Gasteiger partial charge < -0.3 is 20.9 Å². The van der Waals surface area contributed by atoms with Crippen LogP contribution < -0.4 is 16.7 Å². The summed E-state index contributed by atoms with van der Waals surface area (Å²) in [5, 5.41) is 7.80. The lowest BCUT2D eigenvalue weighted by Crippen LogP contribution is -2.46. The van der Waals surface area contributed by atoms with Crippen LogP contribution in [-0.4, -0.2) is 75.6 Å². The van der Waals surface area contributed by atoms with Crippen molar-refractivity contribution < 1.29 is 35.9 Å². The molecule has 6 rings (SSSR count). The van der Waals surface area contributed by atoms with Crippen LogP contribution >= 0.6 is 0 Å². The molecule has 4 heterocycles. The summed E-state index contributed by atoms with van der Waals surface area (Å²) in [4.78, 5) is 46.4. The molecule has 2 aromatic carbocycles. The summed E-state index contributed by atoms with van der Waals surface area (Å²) in [5.74, 6) is -0.758. The van der Waals surface area contributed by atoms with E-state index >= 15 is 0 Å². The van der Waals surface area contributed by atoms with Crippen molar-refractivity contribution in [3.63, 3.8) is 0 Å². The number of H-pyrrole nitrogens is 1. The van der Waals surface area contributed by atoms with Gasteiger partial charge in [-0.05, 0) is 87.6 Å². The molecule has 0 saturated carbocycles. The molecule has 3 saturated heterocycles. The highest BCUT2D eigenvalue weighted by Crippen LogP contribution is 2.42. The van der Waals surface area contributed by atoms with Gasteiger partial charge in [-0.2, -0.15) is 26.3 Å². The van der Waals surface area contributed by atoms with Crippen molar-refractivity contribution in [2.45, 2.75) is 69.8 Å². The largest absolute Gasteiger partial charge is 0.418 e. The number of piperidine rings is 3. The SMILES string of the molecule is Nc1c(C(F)(F)F)cc(C[C@@H](CC(=O)N2CCC(n3nc(-c4ccccc4)[nH]c3=O)CC2)C(=O)N2CCC(C3CCNCC3)CC2)cc1C(F)(F)F. The van der Waals surface area contributed by atoms with Crippen LogP contribution in [0.1, 0.15) is 67.7 Å². The average Bonchev–Trinajstić information content (AvgIpc) is 3.53. The number of nitrogen functional groups attached to an aromatic ring is 1. The number of nitrogens with one attached hydrogen (secondary N) is 2. The Balaban J connectivity index is 1.19. The molecule has 10 nitrogen and oxygen atoms in total. The maximum atomic E-state index is 14.1. The number of likely N-dealkylation sites (tertiary alicyclic amines) is 2. The molecule has 0 bridgehead atoms. The predicted molar refractivity (Wildman–Crippen MR) is 181 cm³/mol. The van der Waals surface area contributed by atoms with Crippen molar-refractivity contribution in [3.8, 4) is 11.4 Å². The smallest absolute Gasteiger partial charge is 0.398 e. The second-order valence-corrected chi connectivity index (χ2v) is 14.2. The molecule has 2 amide bonds. The Morgan fingerprint density at radius 3 is 1.96 bits per heavy atom. The van der Waals surface area contributed by atoms with Gasteiger partial charge in [-0.1, -0.05) is 30.3 Å². The number of benzene rings is 2. The van der Waals surface area contributed by atoms with E-state index in [1.165, 1.54) is 9.58 Å². The molecule has 3 aliphatic rings. The number of anilines is 1. The molecular formula is C36H43F6N7O3. The highest BCUT2D eigenvalue weighted by atomic mass is 19.4. The summed E-state index contributed by atoms with van der Waals surface area (Å²) < 4.78 is 84.6. The van der Waals surface area contributed by atoms with E-state index in [2.05, 4.69) is 15.4 Å². The Labute approximate surface area is 296 Å². The van der Waals surface area contributed by atoms with Gasteiger partial charge in [-0.3, -0.25) is 14.6 Å². The zero-order valence-electron chi connectivity index (χ0n) is 28.6. The standard InChI is InChI=1S/C36H43F6N7O3/c37-35(38,39)28-19-22(20-29(31(28)43)36(40,41)42)18-26(33(51)48-14-8-24(9-15-48)23-6-12-44-13-7-23)21-30(50)47-16-10-27(11-17-47)49-34(52)45-32(46-49)25-4-2-1-3-5-25/h1-5,19-20,23-24,26-27,44H,6-18,21,43H2,(H,45,46,52)/t26-/m0/s1. The lowest BCUT2D eigenvalue weighted by Gasteiger charge is -2.39. The second kappa shape index (κ2) is 15.3. The molecule has 52 heavy (non-hydrogen) atoms. The van der Waals surface area contributed by atoms with Crippen molar-refractivity contribution in [2.24, 2.45) is 17.8 Å². The molecule has 16 heteroatoms. The molecule has 0 radical (unpaired) electrons. The molecular weight excluding hydrogens is 692 g/mol. The Morgan fingerprint density at radius 2 is 1.38 bits per heavy atom. The molecule has 0 spiro atoms. The van der Waals surface area contributed by atoms with Crippen molar-refractivity contribution in [1.82, 2.24) is 29.9 Å². The van der Waals surface area contributed by atoms with Gasteiger partial charge >= 0.3 is 18.0 Å². The summed E-state index contributed by atoms with van der Waals surface area (Å²) >= 11 is 0. The number of carbonyl (C=O) groups excluding carboxylic acids is 2. The van der Waals surface area contributed by atoms with Crippen molar-refractivity contribution >= 4 is 17.5 Å². The highest BCUT2D eigenvalue weighted by molar-refractivity contribution is 5.86. The number of nitrogens with two attached hydrogens (primary N) is 1. The van der Waals surface area contributed by atoms with Gasteiger partial charge in [0.05, 0.1) is 28.8 Å². The van der Waals surface area contributed by atoms with Gasteiger partial charge in [0, 0.05) is 38.2 Å². The van der Waals surface area contributed by atoms with Crippen LogP contribution in [0.2, 0.25) is 0 Å². The zero-order valence-corrected chi connectivity index (χ0v) is 28.6. The third-order valence-corrected chi connectivity index (χ3v) is 10.9. The molecule has 3 aliphatic heterocycles. The number of carbonyl (C=O) groups is 2. The molecule has 0 unspecified atom stereocenters. The van der Waals surface area contributed by atoms with Crippen LogP contribution in [-0.2, 0) is 28.4 Å². The van der Waals surface area contributed by atoms with E-state index in [-0.39, 0.29) is 24.7 Å². The van der Waals surface area contributed by atoms with E-state index in [1.54, 1.807) is 4.90 Å². The Morgan fingerprint density at radius 1 is 0.827 bits per heavy atom. The number of halogens is 6. The van der Waals surface area contributed by atoms with E-state index in [1.807, 2.05) is 30.3 Å². The van der Waals surface area contributed by atoms with E-state index in [4.69, 9.17) is 5.73 Å². The fourth-order valence-corrected chi connectivity index (χ4v) is 8.01. The minimum Gasteiger partial charge on any atom is -0.398 e. The molecule has 3 fully saturated rings. The highest BCUT2D eigenvalue weighted by Gasteiger charge is 2.42. The number of hydrogen-bond donors (Lipinski definition) is 3. The van der Waals surface area contributed by atoms with Crippen molar-refractivity contribution in [2.75, 3.05) is 45.0 Å². The maximum absolute atomic E-state index is 14.1. The molecule has 3 aromatic rings. The molecule has 0 aliphatic carbocycles. The van der Waals surface area contributed by atoms with Gasteiger partial charge in [-0.25, -0.2) is 9.48 Å². The average molecular weight is 736 g/mol. The van der Waals surface area contributed by atoms with Gasteiger partial charge in [0.2, 0.25) is 11.8 Å².